The molecule has 30 heteroatoms. The summed E-state index contributed by atoms with van der Waals surface area (Å²) >= 11 is 0. The number of nitrogens with one attached hydrogen (secondary N) is 4. The van der Waals surface area contributed by atoms with E-state index in [-0.39, 0.29) is 48.8 Å². The topological polar surface area (TPSA) is 344 Å². The lowest BCUT2D eigenvalue weighted by Gasteiger charge is -2.36. The average Bonchev–Trinajstić information content (AvgIpc) is 0.849. The molecule has 30 nitrogen and oxygen atoms in total. The van der Waals surface area contributed by atoms with Crippen molar-refractivity contribution >= 4 is 94.6 Å². The Morgan fingerprint density at radius 1 is 0.322 bits per heavy atom. The Hall–Kier alpha value is -14.5. The Morgan fingerprint density at radius 2 is 0.589 bits per heavy atom. The molecule has 0 bridgehead atoms. The predicted molar refractivity (Wildman–Crippen MR) is 569 cm³/mol. The summed E-state index contributed by atoms with van der Waals surface area (Å²) in [5.74, 6) is 24.0. The molecule has 4 amide bonds. The number of aromatic nitrogens is 2. The summed E-state index contributed by atoms with van der Waals surface area (Å²) in [7, 11) is 3.21. The number of benzene rings is 6. The van der Waals surface area contributed by atoms with Gasteiger partial charge in [-0.1, -0.05) is 125 Å². The van der Waals surface area contributed by atoms with Gasteiger partial charge >= 0.3 is 23.9 Å². The summed E-state index contributed by atoms with van der Waals surface area (Å²) in [5.41, 5.74) is 18.2. The molecule has 146 heavy (non-hydrogen) atoms. The summed E-state index contributed by atoms with van der Waals surface area (Å²) in [6.45, 7) is 26.1. The van der Waals surface area contributed by atoms with Crippen LogP contribution in [0.25, 0.3) is 24.3 Å². The van der Waals surface area contributed by atoms with Crippen LogP contribution in [0.2, 0.25) is 0 Å². The molecule has 4 aliphatic rings. The third-order valence-electron chi connectivity index (χ3n) is 23.1. The maximum Gasteiger partial charge on any atom is 0.330 e. The molecule has 772 valence electrons. The van der Waals surface area contributed by atoms with E-state index in [9.17, 15) is 38.4 Å². The summed E-state index contributed by atoms with van der Waals surface area (Å²) in [5, 5.41) is 23.7. The summed E-state index contributed by atoms with van der Waals surface area (Å²) in [6.07, 6.45) is 24.0. The molecular weight excluding hydrogens is 1850 g/mol. The van der Waals surface area contributed by atoms with Gasteiger partial charge in [-0.2, -0.15) is 0 Å². The van der Waals surface area contributed by atoms with Gasteiger partial charge in [0.25, 0.3) is 0 Å². The lowest BCUT2D eigenvalue weighted by molar-refractivity contribution is -0.140. The fraction of sp³-hybridized carbons (Fsp3) is 0.397. The van der Waals surface area contributed by atoms with Gasteiger partial charge in [0.1, 0.15) is 24.6 Å². The lowest BCUT2D eigenvalue weighted by atomic mass is 10.1. The number of rotatable bonds is 42. The van der Waals surface area contributed by atoms with Crippen molar-refractivity contribution in [3.05, 3.63) is 274 Å². The Balaban J connectivity index is 0.000000219. The predicted octanol–water partition coefficient (Wildman–Crippen LogP) is 13.8. The molecule has 6 N–H and O–H groups in total. The monoisotopic (exact) mass is 1990 g/mol. The molecule has 4 saturated heterocycles. The van der Waals surface area contributed by atoms with Crippen LogP contribution in [0.15, 0.2) is 207 Å². The highest BCUT2D eigenvalue weighted by Gasteiger charge is 2.24. The number of methoxy groups -OCH3 is 2. The molecule has 0 unspecified atom stereocenters. The second kappa shape index (κ2) is 67.9. The van der Waals surface area contributed by atoms with E-state index < -0.39 is 11.9 Å². The van der Waals surface area contributed by atoms with E-state index in [2.05, 4.69) is 148 Å². The van der Waals surface area contributed by atoms with Crippen molar-refractivity contribution < 1.29 is 86.7 Å². The first-order chi connectivity index (χ1) is 71.2. The van der Waals surface area contributed by atoms with Crippen molar-refractivity contribution in [3.8, 4) is 47.4 Å². The number of carbonyl (C=O) groups is 8. The van der Waals surface area contributed by atoms with E-state index >= 15 is 0 Å². The van der Waals surface area contributed by atoms with Crippen LogP contribution < -0.4 is 41.2 Å². The molecule has 12 rings (SSSR count). The molecule has 6 heterocycles. The second-order valence-electron chi connectivity index (χ2n) is 35.4. The minimum absolute atomic E-state index is 0.185. The van der Waals surface area contributed by atoms with Gasteiger partial charge in [-0.15, -0.1) is 0 Å². The smallest absolute Gasteiger partial charge is 0.330 e. The molecular formula is C116H140N12O18. The fourth-order valence-corrected chi connectivity index (χ4v) is 14.9. The minimum atomic E-state index is -0.421. The number of amides is 4. The molecule has 4 fully saturated rings. The first kappa shape index (κ1) is 115. The van der Waals surface area contributed by atoms with Crippen molar-refractivity contribution in [2.24, 2.45) is 11.8 Å². The molecule has 0 aliphatic carbocycles. The number of hydrogen-bond acceptors (Lipinski definition) is 26. The van der Waals surface area contributed by atoms with Crippen molar-refractivity contribution in [1.82, 2.24) is 41.4 Å². The Bertz CT molecular complexity index is 5690. The quantitative estimate of drug-likeness (QED) is 0.00394. The number of carbonyl (C=O) groups excluding carboxylic acids is 8. The Morgan fingerprint density at radius 3 is 0.877 bits per heavy atom. The first-order valence-electron chi connectivity index (χ1n) is 50.1. The largest absolute Gasteiger partial charge is 0.462 e. The number of piperazine rings is 4. The SMILES string of the molecule is CC(C)COC(=O)/C=C/c1ccc(C#Cc2ccc(N3CCN(C(=O)CCCCCCC(=O)NO)CC3)cc2)nc1.CC(C)COC(=O)/C=C/c1ccc(C#Cc2ccc(N3CCNCC3)cc2)nc1.COCCOCCOC(=O)/C=C/c1ccc(C#Cc2ccc(N3CCN(C(=O)CCCCCCC(=O)NO)CC3)cc2)cc1.COCCOCCOC(=O)/C=C/c1ccc(C#Cc2ccc(N3CCNCC3)cc2)cc1. The van der Waals surface area contributed by atoms with Crippen molar-refractivity contribution in [1.29, 1.82) is 0 Å². The van der Waals surface area contributed by atoms with Crippen LogP contribution in [0, 0.1) is 59.2 Å². The van der Waals surface area contributed by atoms with Gasteiger partial charge in [-0.25, -0.2) is 40.1 Å². The van der Waals surface area contributed by atoms with Gasteiger partial charge in [-0.3, -0.25) is 29.6 Å². The third kappa shape index (κ3) is 46.9. The molecule has 0 saturated carbocycles. The minimum Gasteiger partial charge on any atom is -0.462 e. The molecule has 0 spiro atoms. The number of pyridine rings is 2. The number of hydroxylamine groups is 2. The molecule has 4 aliphatic heterocycles. The number of hydrogen-bond donors (Lipinski definition) is 6. The van der Waals surface area contributed by atoms with Crippen LogP contribution in [-0.4, -0.2) is 263 Å². The Kier molecular flexibility index (Phi) is 53.5. The molecule has 2 aromatic heterocycles. The normalized spacial score (nSPS) is 13.4. The van der Waals surface area contributed by atoms with E-state index in [0.717, 1.165) is 184 Å². The number of anilines is 4. The highest BCUT2D eigenvalue weighted by Crippen LogP contribution is 2.24. The standard InChI is InChI=1S/C34H43N3O7.C32H40N4O5.C26H30N2O4.C24H27N3O2/c1-42-24-25-43-26-27-44-34(40)19-16-29-11-8-28(9-12-29)10-13-30-14-17-31(18-15-30)36-20-22-37(23-21-36)33(39)7-5-3-2-4-6-32(38)35-41;1-25(2)24-41-32(39)18-13-27-10-15-28(33-23-27)14-9-26-11-16-29(17-12-26)35-19-21-36(22-20-35)31(38)8-6-4-3-5-7-30(37)34-40;1-30-18-19-31-20-21-32-26(29)13-10-23-5-2-22(3-6-23)4-7-24-8-11-25(12-9-24)28-16-14-27-15-17-28;1-19(2)18-29-24(28)12-7-21-4-9-22(26-17-21)8-3-20-5-10-23(11-6-20)27-15-13-25-14-16-27/h8-9,11-12,14-19,41H,2-7,20-27H2,1H3,(H,35,38);10-13,15-18,23,25,40H,3-8,19-22,24H2,1-2H3,(H,34,37);2-3,5-6,8-13,27H,14-21H2,1H3;4-7,9-12,17,19,25H,13-16,18H2,1-2H3/b19-16+;18-13+;13-10+;12-7+. The maximum absolute atomic E-state index is 12.6. The second-order valence-corrected chi connectivity index (χ2v) is 35.4. The number of nitrogens with zero attached hydrogens (tertiary/aromatic N) is 8. The zero-order valence-corrected chi connectivity index (χ0v) is 85.0. The van der Waals surface area contributed by atoms with Gasteiger partial charge in [0.05, 0.1) is 52.9 Å². The first-order valence-corrected chi connectivity index (χ1v) is 50.1. The highest BCUT2D eigenvalue weighted by atomic mass is 16.6. The van der Waals surface area contributed by atoms with Gasteiger partial charge in [-0.05, 0) is 229 Å². The fourth-order valence-electron chi connectivity index (χ4n) is 14.9. The number of esters is 4. The summed E-state index contributed by atoms with van der Waals surface area (Å²) in [6, 6.07) is 55.7. The van der Waals surface area contributed by atoms with E-state index in [1.54, 1.807) is 61.9 Å². The van der Waals surface area contributed by atoms with Crippen molar-refractivity contribution in [3.63, 3.8) is 0 Å². The van der Waals surface area contributed by atoms with E-state index in [4.69, 9.17) is 48.3 Å². The zero-order chi connectivity index (χ0) is 104. The Labute approximate surface area is 860 Å². The van der Waals surface area contributed by atoms with Crippen LogP contribution in [0.3, 0.4) is 0 Å². The summed E-state index contributed by atoms with van der Waals surface area (Å²) < 4.78 is 40.7. The number of unbranched alkanes of at least 4 members (excludes halogenated alkanes) is 6. The van der Waals surface area contributed by atoms with Crippen LogP contribution >= 0.6 is 0 Å². The van der Waals surface area contributed by atoms with Crippen LogP contribution in [0.5, 0.6) is 0 Å². The maximum atomic E-state index is 12.6. The van der Waals surface area contributed by atoms with Gasteiger partial charge in [0.2, 0.25) is 23.6 Å². The summed E-state index contributed by atoms with van der Waals surface area (Å²) in [4.78, 5) is 116. The van der Waals surface area contributed by atoms with E-state index in [1.807, 2.05) is 147 Å². The molecule has 0 radical (unpaired) electrons. The van der Waals surface area contributed by atoms with Gasteiger partial charge in [0, 0.05) is 237 Å². The van der Waals surface area contributed by atoms with Crippen LogP contribution in [0.1, 0.15) is 172 Å². The molecule has 8 aromatic rings. The van der Waals surface area contributed by atoms with Gasteiger partial charge < -0.3 is 77.9 Å². The number of ether oxygens (including phenoxy) is 8. The van der Waals surface area contributed by atoms with Crippen LogP contribution in [0.4, 0.5) is 22.7 Å². The van der Waals surface area contributed by atoms with Crippen LogP contribution in [-0.2, 0) is 76.3 Å². The highest BCUT2D eigenvalue weighted by molar-refractivity contribution is 5.89. The molecule has 6 aromatic carbocycles. The third-order valence-corrected chi connectivity index (χ3v) is 23.1. The average molecular weight is 1990 g/mol. The van der Waals surface area contributed by atoms with Crippen molar-refractivity contribution in [2.45, 2.75) is 105 Å². The van der Waals surface area contributed by atoms with E-state index in [1.165, 1.54) is 35.7 Å². The molecule has 0 atom stereocenters. The van der Waals surface area contributed by atoms with Gasteiger partial charge in [0.15, 0.2) is 0 Å². The van der Waals surface area contributed by atoms with E-state index in [0.29, 0.717) is 141 Å². The van der Waals surface area contributed by atoms with Crippen molar-refractivity contribution in [2.75, 3.05) is 205 Å². The zero-order valence-electron chi connectivity index (χ0n) is 85.0. The lowest BCUT2D eigenvalue weighted by Crippen LogP contribution is -2.48.